The van der Waals surface area contributed by atoms with Gasteiger partial charge >= 0.3 is 0 Å². The van der Waals surface area contributed by atoms with Crippen molar-refractivity contribution >= 4 is 23.2 Å². The molecule has 0 fully saturated rings. The summed E-state index contributed by atoms with van der Waals surface area (Å²) >= 11 is 12.0. The highest BCUT2D eigenvalue weighted by Crippen LogP contribution is 2.32. The average molecular weight is 303 g/mol. The Morgan fingerprint density at radius 2 is 1.84 bits per heavy atom. The first-order chi connectivity index (χ1) is 8.73. The zero-order chi connectivity index (χ0) is 14.6. The quantitative estimate of drug-likeness (QED) is 0.596. The molecule has 2 unspecified atom stereocenters. The second kappa shape index (κ2) is 6.94. The number of nitrogens with two attached hydrogens (primary N) is 1. The van der Waals surface area contributed by atoms with Gasteiger partial charge in [0.25, 0.3) is 0 Å². The Labute approximate surface area is 126 Å². The molecule has 1 rings (SSSR count). The van der Waals surface area contributed by atoms with E-state index >= 15 is 0 Å². The molecule has 2 nitrogen and oxygen atoms in total. The Kier molecular flexibility index (Phi) is 6.13. The van der Waals surface area contributed by atoms with E-state index in [0.717, 1.165) is 18.4 Å². The van der Waals surface area contributed by atoms with Crippen LogP contribution in [0.2, 0.25) is 10.0 Å². The second-order valence-electron chi connectivity index (χ2n) is 6.50. The van der Waals surface area contributed by atoms with Crippen molar-refractivity contribution in [2.24, 2.45) is 17.2 Å². The van der Waals surface area contributed by atoms with Crippen molar-refractivity contribution in [2.75, 3.05) is 0 Å². The van der Waals surface area contributed by atoms with Crippen molar-refractivity contribution in [3.8, 4) is 0 Å². The summed E-state index contributed by atoms with van der Waals surface area (Å²) in [5.74, 6) is 6.26. The largest absolute Gasteiger partial charge is 0.271 e. The van der Waals surface area contributed by atoms with E-state index in [1.807, 2.05) is 18.2 Å². The third-order valence-electron chi connectivity index (χ3n) is 3.15. The molecule has 0 aliphatic heterocycles. The highest BCUT2D eigenvalue weighted by molar-refractivity contribution is 6.42. The lowest BCUT2D eigenvalue weighted by Gasteiger charge is -2.26. The van der Waals surface area contributed by atoms with Gasteiger partial charge in [-0.2, -0.15) is 0 Å². The van der Waals surface area contributed by atoms with Gasteiger partial charge in [-0.15, -0.1) is 0 Å². The van der Waals surface area contributed by atoms with E-state index in [9.17, 15) is 0 Å². The summed E-state index contributed by atoms with van der Waals surface area (Å²) in [7, 11) is 0. The average Bonchev–Trinajstić information content (AvgIpc) is 2.27. The zero-order valence-electron chi connectivity index (χ0n) is 12.1. The van der Waals surface area contributed by atoms with Gasteiger partial charge in [0.2, 0.25) is 0 Å². The van der Waals surface area contributed by atoms with Crippen molar-refractivity contribution < 1.29 is 0 Å². The molecule has 0 saturated carbocycles. The third kappa shape index (κ3) is 5.70. The fourth-order valence-electron chi connectivity index (χ4n) is 2.56. The van der Waals surface area contributed by atoms with Crippen molar-refractivity contribution in [1.29, 1.82) is 0 Å². The second-order valence-corrected chi connectivity index (χ2v) is 7.31. The SMILES string of the molecule is CC(CC(NN)c1ccc(Cl)c(Cl)c1)CC(C)(C)C. The molecule has 0 aromatic heterocycles. The van der Waals surface area contributed by atoms with Crippen LogP contribution in [0, 0.1) is 11.3 Å². The van der Waals surface area contributed by atoms with E-state index in [4.69, 9.17) is 29.0 Å². The lowest BCUT2D eigenvalue weighted by molar-refractivity contribution is 0.276. The number of hydrogen-bond donors (Lipinski definition) is 2. The summed E-state index contributed by atoms with van der Waals surface area (Å²) in [6.45, 7) is 9.03. The van der Waals surface area contributed by atoms with Gasteiger partial charge in [0, 0.05) is 6.04 Å². The van der Waals surface area contributed by atoms with Crippen LogP contribution >= 0.6 is 23.2 Å². The molecule has 2 atom stereocenters. The Morgan fingerprint density at radius 1 is 1.21 bits per heavy atom. The Balaban J connectivity index is 2.75. The maximum absolute atomic E-state index is 6.06. The molecule has 0 saturated heterocycles. The topological polar surface area (TPSA) is 38.0 Å². The first-order valence-electron chi connectivity index (χ1n) is 6.64. The third-order valence-corrected chi connectivity index (χ3v) is 3.89. The first-order valence-corrected chi connectivity index (χ1v) is 7.39. The van der Waals surface area contributed by atoms with Gasteiger partial charge < -0.3 is 0 Å². The van der Waals surface area contributed by atoms with Gasteiger partial charge in [-0.25, -0.2) is 0 Å². The molecule has 0 aliphatic rings. The van der Waals surface area contributed by atoms with Crippen molar-refractivity contribution in [3.63, 3.8) is 0 Å². The molecule has 0 radical (unpaired) electrons. The van der Waals surface area contributed by atoms with Crippen LogP contribution in [0.3, 0.4) is 0 Å². The predicted molar refractivity (Wildman–Crippen MR) is 84.4 cm³/mol. The minimum atomic E-state index is 0.104. The van der Waals surface area contributed by atoms with Crippen LogP contribution in [0.15, 0.2) is 18.2 Å². The molecule has 0 bridgehead atoms. The zero-order valence-corrected chi connectivity index (χ0v) is 13.6. The Morgan fingerprint density at radius 3 is 2.32 bits per heavy atom. The van der Waals surface area contributed by atoms with E-state index in [1.54, 1.807) is 0 Å². The maximum atomic E-state index is 6.06. The number of hydrazine groups is 1. The van der Waals surface area contributed by atoms with E-state index < -0.39 is 0 Å². The van der Waals surface area contributed by atoms with Crippen molar-refractivity contribution in [3.05, 3.63) is 33.8 Å². The predicted octanol–water partition coefficient (Wildman–Crippen LogP) is 4.96. The molecule has 0 amide bonds. The van der Waals surface area contributed by atoms with Gasteiger partial charge in [0.15, 0.2) is 0 Å². The van der Waals surface area contributed by atoms with E-state index in [-0.39, 0.29) is 6.04 Å². The molecular formula is C15H24Cl2N2. The monoisotopic (exact) mass is 302 g/mol. The Hall–Kier alpha value is -0.280. The number of hydrogen-bond acceptors (Lipinski definition) is 2. The van der Waals surface area contributed by atoms with Crippen LogP contribution < -0.4 is 11.3 Å². The summed E-state index contributed by atoms with van der Waals surface area (Å²) in [6, 6.07) is 5.78. The lowest BCUT2D eigenvalue weighted by Crippen LogP contribution is -2.30. The fraction of sp³-hybridized carbons (Fsp3) is 0.600. The van der Waals surface area contributed by atoms with Crippen molar-refractivity contribution in [2.45, 2.75) is 46.6 Å². The minimum absolute atomic E-state index is 0.104. The first kappa shape index (κ1) is 16.8. The molecule has 3 N–H and O–H groups in total. The van der Waals surface area contributed by atoms with E-state index in [2.05, 4.69) is 33.1 Å². The highest BCUT2D eigenvalue weighted by atomic mass is 35.5. The summed E-state index contributed by atoms with van der Waals surface area (Å²) in [4.78, 5) is 0. The molecule has 4 heteroatoms. The summed E-state index contributed by atoms with van der Waals surface area (Å²) in [6.07, 6.45) is 2.14. The van der Waals surface area contributed by atoms with Crippen LogP contribution in [-0.4, -0.2) is 0 Å². The van der Waals surface area contributed by atoms with Gasteiger partial charge in [0.1, 0.15) is 0 Å². The molecule has 1 aromatic rings. The van der Waals surface area contributed by atoms with Crippen molar-refractivity contribution in [1.82, 2.24) is 5.43 Å². The lowest BCUT2D eigenvalue weighted by atomic mass is 9.82. The van der Waals surface area contributed by atoms with Crippen LogP contribution in [-0.2, 0) is 0 Å². The molecule has 0 aliphatic carbocycles. The van der Waals surface area contributed by atoms with Crippen LogP contribution in [0.25, 0.3) is 0 Å². The molecule has 0 spiro atoms. The van der Waals surface area contributed by atoms with E-state index in [1.165, 1.54) is 0 Å². The van der Waals surface area contributed by atoms with Gasteiger partial charge in [-0.05, 0) is 41.9 Å². The number of rotatable bonds is 5. The molecule has 1 aromatic carbocycles. The van der Waals surface area contributed by atoms with Crippen LogP contribution in [0.4, 0.5) is 0 Å². The number of benzene rings is 1. The summed E-state index contributed by atoms with van der Waals surface area (Å²) in [5, 5.41) is 1.15. The number of nitrogens with one attached hydrogen (secondary N) is 1. The maximum Gasteiger partial charge on any atom is 0.0595 e. The summed E-state index contributed by atoms with van der Waals surface area (Å²) in [5.41, 5.74) is 4.29. The van der Waals surface area contributed by atoms with Gasteiger partial charge in [0.05, 0.1) is 10.0 Å². The molecular weight excluding hydrogens is 279 g/mol. The minimum Gasteiger partial charge on any atom is -0.271 e. The smallest absolute Gasteiger partial charge is 0.0595 e. The summed E-state index contributed by atoms with van der Waals surface area (Å²) < 4.78 is 0. The van der Waals surface area contributed by atoms with Gasteiger partial charge in [-0.1, -0.05) is 57.0 Å². The number of halogens is 2. The normalized spacial score (nSPS) is 15.3. The fourth-order valence-corrected chi connectivity index (χ4v) is 2.87. The molecule has 108 valence electrons. The van der Waals surface area contributed by atoms with E-state index in [0.29, 0.717) is 21.4 Å². The molecule has 19 heavy (non-hydrogen) atoms. The van der Waals surface area contributed by atoms with Crippen LogP contribution in [0.1, 0.15) is 52.1 Å². The highest BCUT2D eigenvalue weighted by Gasteiger charge is 2.20. The van der Waals surface area contributed by atoms with Crippen LogP contribution in [0.5, 0.6) is 0 Å². The Bertz CT molecular complexity index is 413. The standard InChI is InChI=1S/C15H24Cl2N2/c1-10(9-15(2,3)4)7-14(19-18)11-5-6-12(16)13(17)8-11/h5-6,8,10,14,19H,7,9,18H2,1-4H3. The molecule has 0 heterocycles. The van der Waals surface area contributed by atoms with Gasteiger partial charge in [-0.3, -0.25) is 11.3 Å².